The molecule has 0 aromatic carbocycles. The van der Waals surface area contributed by atoms with Gasteiger partial charge in [-0.15, -0.1) is 0 Å². The lowest BCUT2D eigenvalue weighted by Crippen LogP contribution is -2.06. The number of furan rings is 2. The molecule has 0 N–H and O–H groups in total. The minimum atomic E-state index is -0.184. The van der Waals surface area contributed by atoms with E-state index in [1.165, 1.54) is 0 Å². The lowest BCUT2D eigenvalue weighted by atomic mass is 10.2. The number of hydrogen-bond donors (Lipinski definition) is 0. The van der Waals surface area contributed by atoms with Crippen LogP contribution >= 0.6 is 0 Å². The van der Waals surface area contributed by atoms with Gasteiger partial charge in [-0.05, 0) is 18.6 Å². The number of esters is 1. The maximum atomic E-state index is 11.3. The third kappa shape index (κ3) is 1.71. The second-order valence-electron chi connectivity index (χ2n) is 3.29. The fraction of sp³-hybridized carbons (Fsp3) is 0.364. The summed E-state index contributed by atoms with van der Waals surface area (Å²) >= 11 is 0. The number of benzene rings is 1. The van der Waals surface area contributed by atoms with Gasteiger partial charge < -0.3 is 9.15 Å². The van der Waals surface area contributed by atoms with Gasteiger partial charge in [0, 0.05) is 12.5 Å². The van der Waals surface area contributed by atoms with Gasteiger partial charge in [0.1, 0.15) is 5.58 Å². The molecule has 2 aromatic heterocycles. The Kier molecular flexibility index (Phi) is 2.39. The molecule has 2 bridgehead atoms. The Bertz CT molecular complexity index is 416. The van der Waals surface area contributed by atoms with Gasteiger partial charge in [-0.2, -0.15) is 0 Å². The summed E-state index contributed by atoms with van der Waals surface area (Å²) < 4.78 is 10.4. The van der Waals surface area contributed by atoms with Gasteiger partial charge in [-0.25, -0.2) is 0 Å². The van der Waals surface area contributed by atoms with Crippen molar-refractivity contribution in [2.45, 2.75) is 26.2 Å². The van der Waals surface area contributed by atoms with Crippen molar-refractivity contribution in [3.63, 3.8) is 0 Å². The Labute approximate surface area is 82.0 Å². The zero-order chi connectivity index (χ0) is 9.97. The zero-order valence-corrected chi connectivity index (χ0v) is 8.08. The lowest BCUT2D eigenvalue weighted by Gasteiger charge is -2.00. The summed E-state index contributed by atoms with van der Waals surface area (Å²) in [6.45, 7) is 2.04. The monoisotopic (exact) mass is 192 g/mol. The first-order chi connectivity index (χ1) is 6.79. The molecule has 0 atom stereocenters. The average molecular weight is 192 g/mol. The molecule has 0 radical (unpaired) electrons. The Morgan fingerprint density at radius 1 is 1.50 bits per heavy atom. The van der Waals surface area contributed by atoms with E-state index >= 15 is 0 Å². The molecule has 2 aromatic rings. The maximum absolute atomic E-state index is 11.3. The molecule has 0 aliphatic heterocycles. The zero-order valence-electron chi connectivity index (χ0n) is 8.08. The number of hydrogen-bond acceptors (Lipinski definition) is 3. The molecule has 14 heavy (non-hydrogen) atoms. The highest BCUT2D eigenvalue weighted by Gasteiger charge is 2.11. The Morgan fingerprint density at radius 3 is 2.93 bits per heavy atom. The Hall–Kier alpha value is -1.51. The number of fused-ring (bicyclic) bond motifs is 2. The van der Waals surface area contributed by atoms with Gasteiger partial charge >= 0.3 is 5.97 Å². The topological polar surface area (TPSA) is 39.4 Å². The van der Waals surface area contributed by atoms with E-state index in [1.54, 1.807) is 12.1 Å². The third-order valence-electron chi connectivity index (χ3n) is 2.10. The molecule has 3 nitrogen and oxygen atoms in total. The smallest absolute Gasteiger partial charge is 0.311 e. The first-order valence-electron chi connectivity index (χ1n) is 4.82. The van der Waals surface area contributed by atoms with Gasteiger partial charge in [-0.3, -0.25) is 4.79 Å². The Morgan fingerprint density at radius 2 is 2.36 bits per heavy atom. The number of ether oxygens (including phenoxy) is 1. The number of unbranched alkanes of at least 4 members (excludes halogenated alkanes) is 1. The summed E-state index contributed by atoms with van der Waals surface area (Å²) in [5.74, 6) is 0.361. The molecule has 2 rings (SSSR count). The molecule has 0 fully saturated rings. The van der Waals surface area contributed by atoms with Crippen LogP contribution in [-0.2, 0) is 4.79 Å². The molecule has 0 amide bonds. The molecule has 0 aliphatic carbocycles. The van der Waals surface area contributed by atoms with Crippen molar-refractivity contribution in [1.29, 1.82) is 0 Å². The highest BCUT2D eigenvalue weighted by atomic mass is 16.5. The van der Waals surface area contributed by atoms with E-state index in [2.05, 4.69) is 0 Å². The van der Waals surface area contributed by atoms with Crippen LogP contribution in [0.1, 0.15) is 26.2 Å². The van der Waals surface area contributed by atoms with Crippen LogP contribution in [0.15, 0.2) is 22.6 Å². The molecule has 0 spiro atoms. The fourth-order valence-corrected chi connectivity index (χ4v) is 1.34. The minimum Gasteiger partial charge on any atom is -0.453 e. The predicted molar refractivity (Wildman–Crippen MR) is 52.6 cm³/mol. The van der Waals surface area contributed by atoms with E-state index in [0.717, 1.165) is 18.4 Å². The fourth-order valence-electron chi connectivity index (χ4n) is 1.34. The van der Waals surface area contributed by atoms with Gasteiger partial charge in [0.2, 0.25) is 0 Å². The lowest BCUT2D eigenvalue weighted by molar-refractivity contribution is -0.134. The Balaban J connectivity index is 1.97. The van der Waals surface area contributed by atoms with E-state index < -0.39 is 0 Å². The van der Waals surface area contributed by atoms with Crippen molar-refractivity contribution in [1.82, 2.24) is 0 Å². The molecule has 2 heterocycles. The highest BCUT2D eigenvalue weighted by Crippen LogP contribution is 2.29. The van der Waals surface area contributed by atoms with Crippen molar-refractivity contribution in [2.75, 3.05) is 0 Å². The molecule has 0 unspecified atom stereocenters. The first kappa shape index (κ1) is 9.06. The van der Waals surface area contributed by atoms with Gasteiger partial charge in [0.15, 0.2) is 11.3 Å². The number of carbonyl (C=O) groups excluding carboxylic acids is 1. The standard InChI is InChI=1S/C11H12O3/c1-2-3-4-11(12)14-10-7-8-5-6-9(10)13-8/h5-7H,2-4H2,1H3. The van der Waals surface area contributed by atoms with E-state index in [-0.39, 0.29) is 5.97 Å². The van der Waals surface area contributed by atoms with E-state index in [4.69, 9.17) is 9.15 Å². The number of carbonyl (C=O) groups is 1. The maximum Gasteiger partial charge on any atom is 0.311 e. The normalized spacial score (nSPS) is 10.9. The molecule has 74 valence electrons. The van der Waals surface area contributed by atoms with Crippen molar-refractivity contribution in [3.05, 3.63) is 18.2 Å². The van der Waals surface area contributed by atoms with Crippen molar-refractivity contribution < 1.29 is 13.9 Å². The summed E-state index contributed by atoms with van der Waals surface area (Å²) in [6.07, 6.45) is 2.34. The van der Waals surface area contributed by atoms with Crippen LogP contribution in [0.3, 0.4) is 0 Å². The molecule has 3 heteroatoms. The largest absolute Gasteiger partial charge is 0.453 e. The first-order valence-corrected chi connectivity index (χ1v) is 4.82. The molecule has 0 saturated heterocycles. The quantitative estimate of drug-likeness (QED) is 0.552. The molecular formula is C11H12O3. The molecule has 0 saturated carbocycles. The molecule has 0 aliphatic rings. The third-order valence-corrected chi connectivity index (χ3v) is 2.10. The highest BCUT2D eigenvalue weighted by molar-refractivity contribution is 5.78. The van der Waals surface area contributed by atoms with Crippen LogP contribution in [0.25, 0.3) is 11.2 Å². The van der Waals surface area contributed by atoms with E-state index in [1.807, 2.05) is 13.0 Å². The van der Waals surface area contributed by atoms with Crippen LogP contribution in [0, 0.1) is 0 Å². The average Bonchev–Trinajstić information content (AvgIpc) is 2.76. The van der Waals surface area contributed by atoms with Crippen LogP contribution in [0.4, 0.5) is 0 Å². The van der Waals surface area contributed by atoms with Gasteiger partial charge in [-0.1, -0.05) is 13.3 Å². The van der Waals surface area contributed by atoms with Crippen LogP contribution in [0.2, 0.25) is 0 Å². The van der Waals surface area contributed by atoms with Crippen LogP contribution in [0.5, 0.6) is 5.75 Å². The predicted octanol–water partition coefficient (Wildman–Crippen LogP) is 2.97. The number of rotatable bonds is 4. The van der Waals surface area contributed by atoms with Crippen molar-refractivity contribution in [3.8, 4) is 5.75 Å². The van der Waals surface area contributed by atoms with E-state index in [0.29, 0.717) is 17.8 Å². The summed E-state index contributed by atoms with van der Waals surface area (Å²) in [5, 5.41) is 0. The van der Waals surface area contributed by atoms with Crippen molar-refractivity contribution >= 4 is 17.1 Å². The van der Waals surface area contributed by atoms with Crippen LogP contribution < -0.4 is 4.74 Å². The van der Waals surface area contributed by atoms with Gasteiger partial charge in [0.05, 0.1) is 0 Å². The summed E-state index contributed by atoms with van der Waals surface area (Å²) in [6, 6.07) is 5.38. The second-order valence-corrected chi connectivity index (χ2v) is 3.29. The summed E-state index contributed by atoms with van der Waals surface area (Å²) in [4.78, 5) is 11.3. The van der Waals surface area contributed by atoms with Gasteiger partial charge in [0.25, 0.3) is 0 Å². The minimum absolute atomic E-state index is 0.184. The SMILES string of the molecule is CCCCC(=O)Oc1cc2ccc1o2. The summed E-state index contributed by atoms with van der Waals surface area (Å²) in [7, 11) is 0. The second kappa shape index (κ2) is 3.70. The van der Waals surface area contributed by atoms with Crippen molar-refractivity contribution in [2.24, 2.45) is 0 Å². The van der Waals surface area contributed by atoms with E-state index in [9.17, 15) is 4.79 Å². The van der Waals surface area contributed by atoms with Crippen LogP contribution in [-0.4, -0.2) is 5.97 Å². The summed E-state index contributed by atoms with van der Waals surface area (Å²) in [5.41, 5.74) is 1.39. The molecular weight excluding hydrogens is 180 g/mol.